The molecule has 1 aromatic carbocycles. The van der Waals surface area contributed by atoms with Gasteiger partial charge >= 0.3 is 5.97 Å². The number of halogens is 1. The van der Waals surface area contributed by atoms with E-state index in [4.69, 9.17) is 26.2 Å². The molecule has 0 bridgehead atoms. The molecule has 0 fully saturated rings. The molecule has 1 amide bonds. The zero-order chi connectivity index (χ0) is 15.0. The van der Waals surface area contributed by atoms with Gasteiger partial charge in [0.1, 0.15) is 0 Å². The van der Waals surface area contributed by atoms with Crippen molar-refractivity contribution in [1.29, 1.82) is 0 Å². The van der Waals surface area contributed by atoms with Gasteiger partial charge < -0.3 is 19.9 Å². The SMILES string of the molecule is COCCOCCC(=O)Nc1ccc(C(=O)O)c(Cl)c1. The van der Waals surface area contributed by atoms with E-state index in [0.717, 1.165) is 0 Å². The number of carbonyl (C=O) groups excluding carboxylic acids is 1. The average Bonchev–Trinajstić information content (AvgIpc) is 2.38. The Labute approximate surface area is 121 Å². The third-order valence-electron chi connectivity index (χ3n) is 2.39. The molecule has 0 saturated carbocycles. The number of rotatable bonds is 8. The van der Waals surface area contributed by atoms with E-state index in [-0.39, 0.29) is 29.5 Å². The first-order chi connectivity index (χ1) is 9.54. The Hall–Kier alpha value is -1.63. The summed E-state index contributed by atoms with van der Waals surface area (Å²) in [6.45, 7) is 1.20. The lowest BCUT2D eigenvalue weighted by molar-refractivity contribution is -0.117. The maximum atomic E-state index is 11.6. The fourth-order valence-corrected chi connectivity index (χ4v) is 1.66. The highest BCUT2D eigenvalue weighted by atomic mass is 35.5. The number of carboxylic acid groups (broad SMARTS) is 1. The Morgan fingerprint density at radius 3 is 2.65 bits per heavy atom. The molecule has 7 heteroatoms. The first-order valence-corrected chi connectivity index (χ1v) is 6.31. The van der Waals surface area contributed by atoms with E-state index in [1.165, 1.54) is 18.2 Å². The zero-order valence-electron chi connectivity index (χ0n) is 11.0. The molecule has 0 aliphatic rings. The predicted molar refractivity (Wildman–Crippen MR) is 74.4 cm³/mol. The zero-order valence-corrected chi connectivity index (χ0v) is 11.8. The Bertz CT molecular complexity index is 478. The number of benzene rings is 1. The summed E-state index contributed by atoms with van der Waals surface area (Å²) in [6, 6.07) is 4.23. The van der Waals surface area contributed by atoms with Crippen LogP contribution < -0.4 is 5.32 Å². The van der Waals surface area contributed by atoms with E-state index < -0.39 is 5.97 Å². The van der Waals surface area contributed by atoms with Gasteiger partial charge in [-0.15, -0.1) is 0 Å². The normalized spacial score (nSPS) is 10.3. The Morgan fingerprint density at radius 2 is 2.05 bits per heavy atom. The molecule has 0 heterocycles. The van der Waals surface area contributed by atoms with Gasteiger partial charge in [-0.05, 0) is 18.2 Å². The minimum absolute atomic E-state index is 0.00688. The van der Waals surface area contributed by atoms with E-state index in [0.29, 0.717) is 18.9 Å². The van der Waals surface area contributed by atoms with Crippen molar-refractivity contribution in [1.82, 2.24) is 0 Å². The molecule has 0 unspecified atom stereocenters. The highest BCUT2D eigenvalue weighted by Crippen LogP contribution is 2.21. The molecule has 1 rings (SSSR count). The van der Waals surface area contributed by atoms with E-state index >= 15 is 0 Å². The standard InChI is InChI=1S/C13H16ClNO5/c1-19-6-7-20-5-4-12(16)15-9-2-3-10(13(17)18)11(14)8-9/h2-3,8H,4-7H2,1H3,(H,15,16)(H,17,18). The molecular weight excluding hydrogens is 286 g/mol. The van der Waals surface area contributed by atoms with Gasteiger partial charge in [0.2, 0.25) is 5.91 Å². The molecule has 0 aliphatic carbocycles. The van der Waals surface area contributed by atoms with E-state index in [9.17, 15) is 9.59 Å². The molecule has 1 aromatic rings. The number of hydrogen-bond acceptors (Lipinski definition) is 4. The fraction of sp³-hybridized carbons (Fsp3) is 0.385. The number of anilines is 1. The van der Waals surface area contributed by atoms with Gasteiger partial charge in [-0.3, -0.25) is 4.79 Å². The van der Waals surface area contributed by atoms with Crippen LogP contribution in [0.5, 0.6) is 0 Å². The Morgan fingerprint density at radius 1 is 1.30 bits per heavy atom. The predicted octanol–water partition coefficient (Wildman–Crippen LogP) is 2.03. The molecule has 0 atom stereocenters. The van der Waals surface area contributed by atoms with Crippen molar-refractivity contribution >= 4 is 29.2 Å². The maximum absolute atomic E-state index is 11.6. The topological polar surface area (TPSA) is 84.9 Å². The minimum atomic E-state index is -1.11. The van der Waals surface area contributed by atoms with Crippen molar-refractivity contribution in [3.63, 3.8) is 0 Å². The Kier molecular flexibility index (Phi) is 7.00. The molecule has 0 aliphatic heterocycles. The van der Waals surface area contributed by atoms with Crippen LogP contribution in [-0.4, -0.2) is 43.9 Å². The van der Waals surface area contributed by atoms with Gasteiger partial charge in [0.05, 0.1) is 36.8 Å². The summed E-state index contributed by atoms with van der Waals surface area (Å²) in [5.74, 6) is -1.35. The number of methoxy groups -OCH3 is 1. The van der Waals surface area contributed by atoms with Gasteiger partial charge in [-0.2, -0.15) is 0 Å². The number of amides is 1. The number of nitrogens with one attached hydrogen (secondary N) is 1. The van der Waals surface area contributed by atoms with E-state index in [1.54, 1.807) is 7.11 Å². The first kappa shape index (κ1) is 16.4. The second kappa shape index (κ2) is 8.52. The van der Waals surface area contributed by atoms with Crippen molar-refractivity contribution < 1.29 is 24.2 Å². The summed E-state index contributed by atoms with van der Waals surface area (Å²) < 4.78 is 9.97. The summed E-state index contributed by atoms with van der Waals surface area (Å²) in [7, 11) is 1.57. The monoisotopic (exact) mass is 301 g/mol. The number of carboxylic acids is 1. The van der Waals surface area contributed by atoms with Crippen LogP contribution in [0.15, 0.2) is 18.2 Å². The third kappa shape index (κ3) is 5.56. The molecular formula is C13H16ClNO5. The summed E-state index contributed by atoms with van der Waals surface area (Å²) in [5.41, 5.74) is 0.439. The molecule has 6 nitrogen and oxygen atoms in total. The smallest absolute Gasteiger partial charge is 0.337 e. The first-order valence-electron chi connectivity index (χ1n) is 5.94. The number of carbonyl (C=O) groups is 2. The minimum Gasteiger partial charge on any atom is -0.478 e. The quantitative estimate of drug-likeness (QED) is 0.718. The highest BCUT2D eigenvalue weighted by molar-refractivity contribution is 6.33. The van der Waals surface area contributed by atoms with Crippen molar-refractivity contribution in [2.45, 2.75) is 6.42 Å². The third-order valence-corrected chi connectivity index (χ3v) is 2.70. The van der Waals surface area contributed by atoms with Crippen molar-refractivity contribution in [2.24, 2.45) is 0 Å². The number of aromatic carboxylic acids is 1. The number of ether oxygens (including phenoxy) is 2. The van der Waals surface area contributed by atoms with Crippen molar-refractivity contribution in [2.75, 3.05) is 32.2 Å². The van der Waals surface area contributed by atoms with E-state index in [2.05, 4.69) is 5.32 Å². The second-order valence-corrected chi connectivity index (χ2v) is 4.31. The van der Waals surface area contributed by atoms with Gasteiger partial charge in [-0.1, -0.05) is 11.6 Å². The van der Waals surface area contributed by atoms with Crippen molar-refractivity contribution in [3.05, 3.63) is 28.8 Å². The van der Waals surface area contributed by atoms with Crippen molar-refractivity contribution in [3.8, 4) is 0 Å². The highest BCUT2D eigenvalue weighted by Gasteiger charge is 2.10. The van der Waals surface area contributed by atoms with Gasteiger partial charge in [-0.25, -0.2) is 4.79 Å². The maximum Gasteiger partial charge on any atom is 0.337 e. The van der Waals surface area contributed by atoms with Crippen LogP contribution in [0.25, 0.3) is 0 Å². The number of hydrogen-bond donors (Lipinski definition) is 2. The molecule has 0 saturated heterocycles. The molecule has 110 valence electrons. The largest absolute Gasteiger partial charge is 0.478 e. The van der Waals surface area contributed by atoms with Crippen LogP contribution in [0.1, 0.15) is 16.8 Å². The summed E-state index contributed by atoms with van der Waals surface area (Å²) in [4.78, 5) is 22.4. The lowest BCUT2D eigenvalue weighted by Gasteiger charge is -2.07. The molecule has 2 N–H and O–H groups in total. The lowest BCUT2D eigenvalue weighted by atomic mass is 10.2. The molecule has 20 heavy (non-hydrogen) atoms. The van der Waals surface area contributed by atoms with Gasteiger partial charge in [0.25, 0.3) is 0 Å². The Balaban J connectivity index is 2.42. The van der Waals surface area contributed by atoms with E-state index in [1.807, 2.05) is 0 Å². The summed E-state index contributed by atoms with van der Waals surface area (Å²) in [6.07, 6.45) is 0.196. The molecule has 0 spiro atoms. The molecule has 0 radical (unpaired) electrons. The van der Waals surface area contributed by atoms with Crippen LogP contribution in [0, 0.1) is 0 Å². The summed E-state index contributed by atoms with van der Waals surface area (Å²) in [5, 5.41) is 11.5. The van der Waals surface area contributed by atoms with Crippen LogP contribution in [0.3, 0.4) is 0 Å². The second-order valence-electron chi connectivity index (χ2n) is 3.90. The molecule has 0 aromatic heterocycles. The van der Waals surface area contributed by atoms with Crippen LogP contribution in [-0.2, 0) is 14.3 Å². The van der Waals surface area contributed by atoms with Gasteiger partial charge in [0.15, 0.2) is 0 Å². The average molecular weight is 302 g/mol. The fourth-order valence-electron chi connectivity index (χ4n) is 1.40. The lowest BCUT2D eigenvalue weighted by Crippen LogP contribution is -2.15. The summed E-state index contributed by atoms with van der Waals surface area (Å²) >= 11 is 5.80. The van der Waals surface area contributed by atoms with Gasteiger partial charge in [0, 0.05) is 12.8 Å². The van der Waals surface area contributed by atoms with Crippen LogP contribution >= 0.6 is 11.6 Å². The van der Waals surface area contributed by atoms with Crippen LogP contribution in [0.4, 0.5) is 5.69 Å². The van der Waals surface area contributed by atoms with Crippen LogP contribution in [0.2, 0.25) is 5.02 Å².